The highest BCUT2D eigenvalue weighted by Crippen LogP contribution is 2.42. The summed E-state index contributed by atoms with van der Waals surface area (Å²) in [5.41, 5.74) is 9.03. The van der Waals surface area contributed by atoms with Crippen molar-refractivity contribution in [3.8, 4) is 23.0 Å². The van der Waals surface area contributed by atoms with E-state index in [1.54, 1.807) is 0 Å². The fourth-order valence-corrected chi connectivity index (χ4v) is 8.28. The van der Waals surface area contributed by atoms with Gasteiger partial charge in [0.1, 0.15) is 17.3 Å². The highest BCUT2D eigenvalue weighted by Gasteiger charge is 2.24. The molecule has 7 aromatic carbocycles. The summed E-state index contributed by atoms with van der Waals surface area (Å²) in [6.07, 6.45) is 2.04. The second-order valence-electron chi connectivity index (χ2n) is 13.8. The van der Waals surface area contributed by atoms with Gasteiger partial charge < -0.3 is 19.1 Å². The predicted molar refractivity (Wildman–Crippen MR) is 219 cm³/mol. The average molecular weight is 684 g/mol. The maximum Gasteiger partial charge on any atom is 0.139 e. The maximum atomic E-state index is 6.64. The summed E-state index contributed by atoms with van der Waals surface area (Å²) in [5.74, 6) is 2.41. The van der Waals surface area contributed by atoms with Gasteiger partial charge >= 0.3 is 0 Å². The molecule has 0 amide bonds. The summed E-state index contributed by atoms with van der Waals surface area (Å²) in [6.45, 7) is 0.784. The van der Waals surface area contributed by atoms with Gasteiger partial charge in [0.2, 0.25) is 0 Å². The Bertz CT molecular complexity index is 3050. The number of anilines is 3. The molecule has 1 aliphatic rings. The molecule has 0 radical (unpaired) electrons. The summed E-state index contributed by atoms with van der Waals surface area (Å²) in [4.78, 5) is 9.77. The van der Waals surface area contributed by atoms with Gasteiger partial charge in [-0.1, -0.05) is 78.9 Å². The van der Waals surface area contributed by atoms with E-state index in [4.69, 9.17) is 9.72 Å². The number of pyridine rings is 1. The SMILES string of the molecule is CN1CN(c2cccc(Oc3ccc4c5ccccc5n(-c5cc6c(cn5)c5cc7ccccc7cc5n6-c5ccccc5)c4c3)c2)c2ccccc21. The minimum atomic E-state index is 0.767. The lowest BCUT2D eigenvalue weighted by Gasteiger charge is -2.20. The van der Waals surface area contributed by atoms with Gasteiger partial charge in [0.15, 0.2) is 0 Å². The Morgan fingerprint density at radius 2 is 1.15 bits per heavy atom. The summed E-state index contributed by atoms with van der Waals surface area (Å²) in [7, 11) is 2.13. The van der Waals surface area contributed by atoms with Crippen molar-refractivity contribution >= 4 is 71.4 Å². The molecule has 6 heteroatoms. The largest absolute Gasteiger partial charge is 0.457 e. The number of fused-ring (bicyclic) bond motifs is 8. The lowest BCUT2D eigenvalue weighted by molar-refractivity contribution is 0.483. The molecule has 252 valence electrons. The number of aromatic nitrogens is 3. The predicted octanol–water partition coefficient (Wildman–Crippen LogP) is 11.8. The Labute approximate surface area is 305 Å². The molecule has 0 atom stereocenters. The molecule has 4 heterocycles. The lowest BCUT2D eigenvalue weighted by Crippen LogP contribution is -2.23. The summed E-state index contributed by atoms with van der Waals surface area (Å²) < 4.78 is 11.3. The average Bonchev–Trinajstić information content (AvgIpc) is 3.83. The third-order valence-electron chi connectivity index (χ3n) is 10.7. The Kier molecular flexibility index (Phi) is 6.43. The van der Waals surface area contributed by atoms with Gasteiger partial charge in [-0.05, 0) is 77.5 Å². The Morgan fingerprint density at radius 1 is 0.472 bits per heavy atom. The van der Waals surface area contributed by atoms with E-state index < -0.39 is 0 Å². The first kappa shape index (κ1) is 29.7. The van der Waals surface area contributed by atoms with Crippen LogP contribution in [0.25, 0.3) is 65.9 Å². The second-order valence-corrected chi connectivity index (χ2v) is 13.8. The van der Waals surface area contributed by atoms with E-state index in [1.165, 1.54) is 32.9 Å². The van der Waals surface area contributed by atoms with Gasteiger partial charge in [-0.25, -0.2) is 4.98 Å². The molecule has 10 aromatic rings. The minimum absolute atomic E-state index is 0.767. The highest BCUT2D eigenvalue weighted by atomic mass is 16.5. The number of benzene rings is 7. The fourth-order valence-electron chi connectivity index (χ4n) is 8.28. The van der Waals surface area contributed by atoms with E-state index in [0.717, 1.165) is 68.2 Å². The van der Waals surface area contributed by atoms with E-state index in [2.05, 4.69) is 184 Å². The minimum Gasteiger partial charge on any atom is -0.457 e. The van der Waals surface area contributed by atoms with Crippen LogP contribution in [0.1, 0.15) is 0 Å². The van der Waals surface area contributed by atoms with Crippen molar-refractivity contribution in [2.75, 3.05) is 23.5 Å². The molecule has 0 saturated heterocycles. The molecule has 0 fully saturated rings. The standard InChI is InChI=1S/C47H33N5O/c1-49-30-50(43-21-10-9-20-42(43)49)34-16-11-17-35(26-34)53-36-22-23-38-37-18-7-8-19-41(37)52(45(38)27-36)47-28-46-40(29-48-47)39-24-31-12-5-6-13-32(31)25-44(39)51(46)33-14-3-2-4-15-33/h2-29H,30H2,1H3. The number of para-hydroxylation sites is 4. The van der Waals surface area contributed by atoms with Gasteiger partial charge in [-0.3, -0.25) is 4.57 Å². The van der Waals surface area contributed by atoms with E-state index in [0.29, 0.717) is 0 Å². The quantitative estimate of drug-likeness (QED) is 0.181. The first-order valence-electron chi connectivity index (χ1n) is 18.0. The van der Waals surface area contributed by atoms with Crippen molar-refractivity contribution in [3.05, 3.63) is 170 Å². The summed E-state index contributed by atoms with van der Waals surface area (Å²) in [5, 5.41) is 7.06. The lowest BCUT2D eigenvalue weighted by atomic mass is 10.1. The smallest absolute Gasteiger partial charge is 0.139 e. The van der Waals surface area contributed by atoms with Crippen molar-refractivity contribution in [1.29, 1.82) is 0 Å². The van der Waals surface area contributed by atoms with Crippen LogP contribution in [0.2, 0.25) is 0 Å². The molecular formula is C47H33N5O. The summed E-state index contributed by atoms with van der Waals surface area (Å²) in [6, 6.07) is 57.8. The molecule has 0 spiro atoms. The van der Waals surface area contributed by atoms with Crippen LogP contribution in [-0.2, 0) is 0 Å². The number of nitrogens with zero attached hydrogens (tertiary/aromatic N) is 5. The van der Waals surface area contributed by atoms with Crippen molar-refractivity contribution in [2.24, 2.45) is 0 Å². The molecule has 0 aliphatic carbocycles. The van der Waals surface area contributed by atoms with E-state index >= 15 is 0 Å². The first-order valence-corrected chi connectivity index (χ1v) is 18.0. The van der Waals surface area contributed by atoms with Gasteiger partial charge in [0, 0.05) is 64.4 Å². The number of hydrogen-bond donors (Lipinski definition) is 0. The summed E-state index contributed by atoms with van der Waals surface area (Å²) >= 11 is 0. The van der Waals surface area contributed by atoms with E-state index in [9.17, 15) is 0 Å². The zero-order valence-corrected chi connectivity index (χ0v) is 29.0. The second kappa shape index (κ2) is 11.5. The molecule has 0 bridgehead atoms. The van der Waals surface area contributed by atoms with E-state index in [-0.39, 0.29) is 0 Å². The molecule has 3 aromatic heterocycles. The maximum absolute atomic E-state index is 6.64. The molecule has 0 saturated carbocycles. The van der Waals surface area contributed by atoms with Crippen molar-refractivity contribution in [1.82, 2.24) is 14.1 Å². The van der Waals surface area contributed by atoms with Gasteiger partial charge in [0.25, 0.3) is 0 Å². The molecule has 11 rings (SSSR count). The molecule has 1 aliphatic heterocycles. The van der Waals surface area contributed by atoms with Crippen LogP contribution in [-0.4, -0.2) is 27.8 Å². The third-order valence-corrected chi connectivity index (χ3v) is 10.7. The first-order chi connectivity index (χ1) is 26.2. The van der Waals surface area contributed by atoms with Crippen LogP contribution >= 0.6 is 0 Å². The van der Waals surface area contributed by atoms with Crippen LogP contribution < -0.4 is 14.5 Å². The van der Waals surface area contributed by atoms with Crippen LogP contribution in [0.3, 0.4) is 0 Å². The normalized spacial score (nSPS) is 12.8. The Hall–Kier alpha value is -7.05. The topological polar surface area (TPSA) is 38.5 Å². The fraction of sp³-hybridized carbons (Fsp3) is 0.0426. The number of rotatable bonds is 5. The zero-order chi connectivity index (χ0) is 35.0. The van der Waals surface area contributed by atoms with E-state index in [1.807, 2.05) is 12.3 Å². The van der Waals surface area contributed by atoms with Crippen LogP contribution in [0.15, 0.2) is 170 Å². The van der Waals surface area contributed by atoms with Crippen LogP contribution in [0.5, 0.6) is 11.5 Å². The van der Waals surface area contributed by atoms with Crippen LogP contribution in [0.4, 0.5) is 17.1 Å². The molecule has 0 N–H and O–H groups in total. The molecule has 0 unspecified atom stereocenters. The third kappa shape index (κ3) is 4.62. The number of hydrogen-bond acceptors (Lipinski definition) is 4. The Morgan fingerprint density at radius 3 is 2.04 bits per heavy atom. The van der Waals surface area contributed by atoms with Crippen molar-refractivity contribution < 1.29 is 4.74 Å². The highest BCUT2D eigenvalue weighted by molar-refractivity contribution is 6.14. The van der Waals surface area contributed by atoms with Crippen LogP contribution in [0, 0.1) is 0 Å². The Balaban J connectivity index is 1.06. The monoisotopic (exact) mass is 683 g/mol. The molecule has 53 heavy (non-hydrogen) atoms. The molecule has 6 nitrogen and oxygen atoms in total. The van der Waals surface area contributed by atoms with Crippen molar-refractivity contribution in [2.45, 2.75) is 0 Å². The van der Waals surface area contributed by atoms with Gasteiger partial charge in [0.05, 0.1) is 40.1 Å². The number of ether oxygens (including phenoxy) is 1. The van der Waals surface area contributed by atoms with Crippen molar-refractivity contribution in [3.63, 3.8) is 0 Å². The van der Waals surface area contributed by atoms with Gasteiger partial charge in [-0.15, -0.1) is 0 Å². The van der Waals surface area contributed by atoms with Gasteiger partial charge in [-0.2, -0.15) is 0 Å². The molecular weight excluding hydrogens is 651 g/mol. The zero-order valence-electron chi connectivity index (χ0n) is 29.0.